The third-order valence-corrected chi connectivity index (χ3v) is 3.43. The number of benzene rings is 1. The normalized spacial score (nSPS) is 15.1. The van der Waals surface area contributed by atoms with E-state index in [1.54, 1.807) is 23.1 Å². The first-order valence-corrected chi connectivity index (χ1v) is 6.91. The molecule has 0 heterocycles. The van der Waals surface area contributed by atoms with Crippen LogP contribution in [0.5, 0.6) is 5.75 Å². The summed E-state index contributed by atoms with van der Waals surface area (Å²) in [6.07, 6.45) is 2.34. The number of hydrogen-bond acceptors (Lipinski definition) is 4. The van der Waals surface area contributed by atoms with Gasteiger partial charge in [0.05, 0.1) is 6.61 Å². The Labute approximate surface area is 131 Å². The zero-order valence-electron chi connectivity index (χ0n) is 12.2. The van der Waals surface area contributed by atoms with Crippen molar-refractivity contribution in [1.29, 1.82) is 0 Å². The zero-order valence-corrected chi connectivity index (χ0v) is 13.0. The van der Waals surface area contributed by atoms with Crippen molar-refractivity contribution in [2.45, 2.75) is 25.4 Å². The van der Waals surface area contributed by atoms with Crippen LogP contribution in [0, 0.1) is 5.92 Å². The van der Waals surface area contributed by atoms with Crippen molar-refractivity contribution < 1.29 is 14.6 Å². The summed E-state index contributed by atoms with van der Waals surface area (Å²) in [7, 11) is 1.54. The summed E-state index contributed by atoms with van der Waals surface area (Å²) in [4.78, 5) is 14.1. The van der Waals surface area contributed by atoms with Crippen molar-refractivity contribution in [3.63, 3.8) is 0 Å². The van der Waals surface area contributed by atoms with Crippen LogP contribution in [0.1, 0.15) is 18.4 Å². The van der Waals surface area contributed by atoms with Crippen LogP contribution in [0.15, 0.2) is 24.3 Å². The molecule has 0 radical (unpaired) electrons. The van der Waals surface area contributed by atoms with E-state index in [0.717, 1.165) is 12.1 Å². The Hall–Kier alpha value is -1.30. The van der Waals surface area contributed by atoms with E-state index in [4.69, 9.17) is 10.5 Å². The number of phenolic OH excluding ortho intramolecular Hbond substituents is 1. The minimum absolute atomic E-state index is 0. The quantitative estimate of drug-likeness (QED) is 0.800. The van der Waals surface area contributed by atoms with Crippen LogP contribution < -0.4 is 5.73 Å². The van der Waals surface area contributed by atoms with Gasteiger partial charge in [0.25, 0.3) is 0 Å². The SMILES string of the molecule is COCC(N)C(=O)N(Cc1cccc(O)c1)CC1CC1.Cl. The van der Waals surface area contributed by atoms with Crippen LogP contribution in [0.4, 0.5) is 0 Å². The molecule has 1 unspecified atom stereocenters. The van der Waals surface area contributed by atoms with Gasteiger partial charge < -0.3 is 20.5 Å². The number of phenols is 1. The van der Waals surface area contributed by atoms with Gasteiger partial charge in [0.2, 0.25) is 5.91 Å². The van der Waals surface area contributed by atoms with Crippen molar-refractivity contribution >= 4 is 18.3 Å². The van der Waals surface area contributed by atoms with E-state index in [9.17, 15) is 9.90 Å². The van der Waals surface area contributed by atoms with E-state index in [0.29, 0.717) is 12.5 Å². The molecule has 0 bridgehead atoms. The van der Waals surface area contributed by atoms with Crippen molar-refractivity contribution in [2.24, 2.45) is 11.7 Å². The molecule has 5 nitrogen and oxygen atoms in total. The van der Waals surface area contributed by atoms with Crippen molar-refractivity contribution in [3.05, 3.63) is 29.8 Å². The van der Waals surface area contributed by atoms with Crippen LogP contribution in [-0.2, 0) is 16.1 Å². The summed E-state index contributed by atoms with van der Waals surface area (Å²) < 4.78 is 4.95. The highest BCUT2D eigenvalue weighted by Gasteiger charge is 2.29. The summed E-state index contributed by atoms with van der Waals surface area (Å²) >= 11 is 0. The first-order valence-electron chi connectivity index (χ1n) is 6.91. The average molecular weight is 315 g/mol. The van der Waals surface area contributed by atoms with Crippen LogP contribution in [0.25, 0.3) is 0 Å². The van der Waals surface area contributed by atoms with Gasteiger partial charge in [-0.15, -0.1) is 12.4 Å². The molecule has 6 heteroatoms. The summed E-state index contributed by atoms with van der Waals surface area (Å²) in [6.45, 7) is 1.42. The number of halogens is 1. The van der Waals surface area contributed by atoms with Gasteiger partial charge in [-0.1, -0.05) is 12.1 Å². The summed E-state index contributed by atoms with van der Waals surface area (Å²) in [5.74, 6) is 0.704. The maximum Gasteiger partial charge on any atom is 0.242 e. The van der Waals surface area contributed by atoms with E-state index in [-0.39, 0.29) is 30.7 Å². The van der Waals surface area contributed by atoms with Gasteiger partial charge in [0, 0.05) is 20.2 Å². The molecule has 1 aromatic carbocycles. The Kier molecular flexibility index (Phi) is 6.95. The zero-order chi connectivity index (χ0) is 14.5. The van der Waals surface area contributed by atoms with Gasteiger partial charge in [-0.05, 0) is 36.5 Å². The van der Waals surface area contributed by atoms with E-state index in [1.807, 2.05) is 6.07 Å². The lowest BCUT2D eigenvalue weighted by atomic mass is 10.1. The third kappa shape index (κ3) is 5.53. The minimum Gasteiger partial charge on any atom is -0.508 e. The molecule has 1 aliphatic carbocycles. The van der Waals surface area contributed by atoms with Crippen molar-refractivity contribution in [1.82, 2.24) is 4.90 Å². The number of carbonyl (C=O) groups is 1. The number of rotatable bonds is 7. The summed E-state index contributed by atoms with van der Waals surface area (Å²) in [5.41, 5.74) is 6.75. The van der Waals surface area contributed by atoms with Crippen LogP contribution >= 0.6 is 12.4 Å². The van der Waals surface area contributed by atoms with Gasteiger partial charge in [0.15, 0.2) is 0 Å². The second-order valence-electron chi connectivity index (χ2n) is 5.39. The van der Waals surface area contributed by atoms with Gasteiger partial charge in [-0.25, -0.2) is 0 Å². The van der Waals surface area contributed by atoms with Gasteiger partial charge >= 0.3 is 0 Å². The number of nitrogens with two attached hydrogens (primary N) is 1. The molecule has 3 N–H and O–H groups in total. The molecule has 1 aromatic rings. The lowest BCUT2D eigenvalue weighted by Crippen LogP contribution is -2.46. The Balaban J connectivity index is 0.00000220. The van der Waals surface area contributed by atoms with Crippen LogP contribution in [0.3, 0.4) is 0 Å². The number of aromatic hydroxyl groups is 1. The van der Waals surface area contributed by atoms with Crippen molar-refractivity contribution in [2.75, 3.05) is 20.3 Å². The lowest BCUT2D eigenvalue weighted by Gasteiger charge is -2.25. The smallest absolute Gasteiger partial charge is 0.242 e. The molecule has 2 rings (SSSR count). The minimum atomic E-state index is -0.629. The predicted molar refractivity (Wildman–Crippen MR) is 83.3 cm³/mol. The van der Waals surface area contributed by atoms with Crippen molar-refractivity contribution in [3.8, 4) is 5.75 Å². The largest absolute Gasteiger partial charge is 0.508 e. The monoisotopic (exact) mass is 314 g/mol. The number of carbonyl (C=O) groups excluding carboxylic acids is 1. The lowest BCUT2D eigenvalue weighted by molar-refractivity contribution is -0.134. The van der Waals surface area contributed by atoms with Gasteiger partial charge in [-0.3, -0.25) is 4.79 Å². The molecular formula is C15H23ClN2O3. The van der Waals surface area contributed by atoms with E-state index < -0.39 is 6.04 Å². The molecule has 21 heavy (non-hydrogen) atoms. The molecule has 0 aliphatic heterocycles. The average Bonchev–Trinajstić information content (AvgIpc) is 3.21. The molecule has 118 valence electrons. The van der Waals surface area contributed by atoms with Crippen LogP contribution in [0.2, 0.25) is 0 Å². The Bertz CT molecular complexity index is 466. The highest BCUT2D eigenvalue weighted by Crippen LogP contribution is 2.30. The molecule has 1 amide bonds. The standard InChI is InChI=1S/C15H22N2O3.ClH/c1-20-10-14(16)15(19)17(8-11-5-6-11)9-12-3-2-4-13(18)7-12;/h2-4,7,11,14,18H,5-6,8-10,16H2,1H3;1H. The fourth-order valence-electron chi connectivity index (χ4n) is 2.21. The highest BCUT2D eigenvalue weighted by atomic mass is 35.5. The molecule has 0 saturated heterocycles. The van der Waals surface area contributed by atoms with Gasteiger partial charge in [-0.2, -0.15) is 0 Å². The summed E-state index contributed by atoms with van der Waals surface area (Å²) in [6, 6.07) is 6.34. The molecule has 1 saturated carbocycles. The topological polar surface area (TPSA) is 75.8 Å². The number of methoxy groups -OCH3 is 1. The Morgan fingerprint density at radius 2 is 2.24 bits per heavy atom. The predicted octanol–water partition coefficient (Wildman–Crippen LogP) is 1.53. The second kappa shape index (κ2) is 8.22. The first kappa shape index (κ1) is 17.8. The Morgan fingerprint density at radius 3 is 2.81 bits per heavy atom. The molecule has 1 aliphatic rings. The van der Waals surface area contributed by atoms with E-state index in [1.165, 1.54) is 20.0 Å². The molecule has 1 fully saturated rings. The second-order valence-corrected chi connectivity index (χ2v) is 5.39. The number of hydrogen-bond donors (Lipinski definition) is 2. The molecular weight excluding hydrogens is 292 g/mol. The maximum atomic E-state index is 12.3. The number of nitrogens with zero attached hydrogens (tertiary/aromatic N) is 1. The third-order valence-electron chi connectivity index (χ3n) is 3.43. The fourth-order valence-corrected chi connectivity index (χ4v) is 2.21. The number of ether oxygens (including phenoxy) is 1. The molecule has 1 atom stereocenters. The number of amides is 1. The Morgan fingerprint density at radius 1 is 1.52 bits per heavy atom. The van der Waals surface area contributed by atoms with E-state index >= 15 is 0 Å². The van der Waals surface area contributed by atoms with Crippen LogP contribution in [-0.4, -0.2) is 42.2 Å². The summed E-state index contributed by atoms with van der Waals surface area (Å²) in [5, 5.41) is 9.50. The fraction of sp³-hybridized carbons (Fsp3) is 0.533. The highest BCUT2D eigenvalue weighted by molar-refractivity contribution is 5.85. The van der Waals surface area contributed by atoms with Gasteiger partial charge in [0.1, 0.15) is 11.8 Å². The molecule has 0 aromatic heterocycles. The first-order chi connectivity index (χ1) is 9.60. The van der Waals surface area contributed by atoms with E-state index in [2.05, 4.69) is 0 Å². The maximum absolute atomic E-state index is 12.3. The molecule has 0 spiro atoms.